The summed E-state index contributed by atoms with van der Waals surface area (Å²) in [4.78, 5) is 26.4. The van der Waals surface area contributed by atoms with Crippen molar-refractivity contribution in [3.8, 4) is 0 Å². The monoisotopic (exact) mass is 1020 g/mol. The van der Waals surface area contributed by atoms with Crippen LogP contribution in [0.1, 0.15) is 168 Å². The summed E-state index contributed by atoms with van der Waals surface area (Å²) in [5.41, 5.74) is 0. The van der Waals surface area contributed by atoms with E-state index in [1.165, 1.54) is 38.5 Å². The van der Waals surface area contributed by atoms with Gasteiger partial charge >= 0.3 is 5.97 Å². The second-order valence-electron chi connectivity index (χ2n) is 18.4. The smallest absolute Gasteiger partial charge is 0.306 e. The van der Waals surface area contributed by atoms with E-state index in [1.807, 2.05) is 79.0 Å². The normalized spacial score (nSPS) is 20.6. The van der Waals surface area contributed by atoms with Crippen LogP contribution in [0.4, 0.5) is 0 Å². The number of amides is 1. The maximum Gasteiger partial charge on any atom is 0.306 e. The zero-order chi connectivity index (χ0) is 53.3. The number of aliphatic hydroxyl groups excluding tert-OH is 5. The molecule has 8 atom stereocenters. The molecule has 0 saturated carbocycles. The Hall–Kier alpha value is -4.46. The number of hydrogen-bond acceptors (Lipinski definition) is 10. The molecule has 0 aromatic rings. The highest BCUT2D eigenvalue weighted by molar-refractivity contribution is 5.80. The van der Waals surface area contributed by atoms with Gasteiger partial charge in [0, 0.05) is 6.42 Å². The molecule has 1 rings (SSSR count). The first kappa shape index (κ1) is 66.6. The molecule has 11 heteroatoms. The summed E-state index contributed by atoms with van der Waals surface area (Å²) in [7, 11) is 0. The summed E-state index contributed by atoms with van der Waals surface area (Å²) in [5, 5.41) is 56.6. The topological polar surface area (TPSA) is 175 Å². The number of esters is 1. The van der Waals surface area contributed by atoms with E-state index < -0.39 is 67.4 Å². The third kappa shape index (κ3) is 37.0. The quantitative estimate of drug-likeness (QED) is 0.0149. The van der Waals surface area contributed by atoms with Crippen LogP contribution in [0.3, 0.4) is 0 Å². The zero-order valence-corrected chi connectivity index (χ0v) is 44.9. The lowest BCUT2D eigenvalue weighted by atomic mass is 9.99. The first-order valence-electron chi connectivity index (χ1n) is 27.7. The second-order valence-corrected chi connectivity index (χ2v) is 18.4. The molecule has 0 radical (unpaired) electrons. The average Bonchev–Trinajstić information content (AvgIpc) is 3.39. The molecular weight excluding hydrogens is 919 g/mol. The molecule has 0 aliphatic carbocycles. The lowest BCUT2D eigenvalue weighted by Crippen LogP contribution is -2.61. The van der Waals surface area contributed by atoms with E-state index in [-0.39, 0.29) is 19.4 Å². The number of rotatable bonds is 43. The van der Waals surface area contributed by atoms with Crippen LogP contribution >= 0.6 is 0 Å². The average molecular weight is 1020 g/mol. The molecule has 1 aliphatic rings. The van der Waals surface area contributed by atoms with Gasteiger partial charge in [0.1, 0.15) is 24.4 Å². The first-order valence-corrected chi connectivity index (χ1v) is 27.7. The van der Waals surface area contributed by atoms with Crippen LogP contribution in [-0.2, 0) is 23.8 Å². The molecule has 1 amide bonds. The van der Waals surface area contributed by atoms with Crippen molar-refractivity contribution in [2.45, 2.75) is 217 Å². The standard InChI is InChI=1S/C62H97NO10/c1-4-7-10-13-16-19-22-24-26-28-30-32-35-38-41-44-47-50-57(67)73-60-59(69)58(68)56(51-64)72-62(60)71-52-53(54(65)48-45-42-39-36-33-21-18-15-12-9-6-3)63-61(70)55(66)49-46-43-40-37-34-31-29-27-25-23-20-17-14-11-8-5-2/h7-8,10-11,13,16-17,19-20,22,24-28,30-32,34-35,40,43,45,48,53-56,58-60,62,64-66,68-69H,4-6,9,12,14-15,18,21,23,29,33,36-39,41-42,44,46-47,49-52H2,1-3H3,(H,63,70)/b10-7-,11-8-,16-13+,20-17-,22-19+,26-24-,27-25-,30-28+,34-31-,35-32+,43-40-,48-45+. The van der Waals surface area contributed by atoms with E-state index >= 15 is 0 Å². The van der Waals surface area contributed by atoms with Gasteiger partial charge in [0.25, 0.3) is 0 Å². The number of ether oxygens (including phenoxy) is 3. The lowest BCUT2D eigenvalue weighted by Gasteiger charge is -2.41. The molecule has 410 valence electrons. The fourth-order valence-corrected chi connectivity index (χ4v) is 7.54. The zero-order valence-electron chi connectivity index (χ0n) is 44.9. The number of hydrogen-bond donors (Lipinski definition) is 6. The lowest BCUT2D eigenvalue weighted by molar-refractivity contribution is -0.305. The summed E-state index contributed by atoms with van der Waals surface area (Å²) in [6, 6.07) is -1.07. The Bertz CT molecular complexity index is 1730. The van der Waals surface area contributed by atoms with Gasteiger partial charge in [-0.3, -0.25) is 9.59 Å². The van der Waals surface area contributed by atoms with Crippen LogP contribution in [0.15, 0.2) is 146 Å². The predicted octanol–water partition coefficient (Wildman–Crippen LogP) is 12.3. The minimum absolute atomic E-state index is 0.0557. The van der Waals surface area contributed by atoms with Gasteiger partial charge in [-0.1, -0.05) is 224 Å². The highest BCUT2D eigenvalue weighted by atomic mass is 16.7. The summed E-state index contributed by atoms with van der Waals surface area (Å²) < 4.78 is 17.5. The van der Waals surface area contributed by atoms with Gasteiger partial charge < -0.3 is 45.1 Å². The van der Waals surface area contributed by atoms with Crippen LogP contribution in [0.2, 0.25) is 0 Å². The van der Waals surface area contributed by atoms with Crippen molar-refractivity contribution in [3.05, 3.63) is 146 Å². The Balaban J connectivity index is 2.83. The number of carbonyl (C=O) groups excluding carboxylic acids is 2. The van der Waals surface area contributed by atoms with E-state index in [9.17, 15) is 35.1 Å². The summed E-state index contributed by atoms with van der Waals surface area (Å²) in [5.74, 6) is -1.32. The summed E-state index contributed by atoms with van der Waals surface area (Å²) >= 11 is 0. The van der Waals surface area contributed by atoms with E-state index in [2.05, 4.69) is 86.8 Å². The Morgan fingerprint density at radius 3 is 1.62 bits per heavy atom. The van der Waals surface area contributed by atoms with Crippen molar-refractivity contribution >= 4 is 11.9 Å². The van der Waals surface area contributed by atoms with Gasteiger partial charge in [0.05, 0.1) is 25.4 Å². The number of aliphatic hydroxyl groups is 5. The van der Waals surface area contributed by atoms with Crippen molar-refractivity contribution < 1.29 is 49.3 Å². The van der Waals surface area contributed by atoms with Gasteiger partial charge in [-0.2, -0.15) is 0 Å². The van der Waals surface area contributed by atoms with Gasteiger partial charge in [-0.15, -0.1) is 0 Å². The van der Waals surface area contributed by atoms with Crippen LogP contribution in [-0.4, -0.2) is 99.6 Å². The Labute approximate surface area is 441 Å². The van der Waals surface area contributed by atoms with E-state index in [1.54, 1.807) is 6.08 Å². The molecular formula is C62H97NO10. The van der Waals surface area contributed by atoms with Crippen LogP contribution < -0.4 is 5.32 Å². The van der Waals surface area contributed by atoms with Gasteiger partial charge in [0.15, 0.2) is 12.4 Å². The molecule has 8 unspecified atom stereocenters. The number of allylic oxidation sites excluding steroid dienone is 23. The Kier molecular flexibility index (Phi) is 44.2. The van der Waals surface area contributed by atoms with E-state index in [4.69, 9.17) is 14.2 Å². The van der Waals surface area contributed by atoms with Crippen molar-refractivity contribution in [1.82, 2.24) is 5.32 Å². The maximum absolute atomic E-state index is 13.3. The number of unbranched alkanes of at least 4 members (excludes halogenated alkanes) is 12. The van der Waals surface area contributed by atoms with Gasteiger partial charge in [0.2, 0.25) is 5.91 Å². The van der Waals surface area contributed by atoms with Crippen molar-refractivity contribution in [3.63, 3.8) is 0 Å². The van der Waals surface area contributed by atoms with Crippen LogP contribution in [0.25, 0.3) is 0 Å². The van der Waals surface area contributed by atoms with Gasteiger partial charge in [-0.25, -0.2) is 0 Å². The molecule has 0 aromatic carbocycles. The first-order chi connectivity index (χ1) is 35.7. The fraction of sp³-hybridized carbons (Fsp3) is 0.581. The third-order valence-electron chi connectivity index (χ3n) is 11.9. The Morgan fingerprint density at radius 2 is 1.05 bits per heavy atom. The van der Waals surface area contributed by atoms with Crippen LogP contribution in [0.5, 0.6) is 0 Å². The fourth-order valence-electron chi connectivity index (χ4n) is 7.54. The molecule has 1 saturated heterocycles. The number of nitrogens with one attached hydrogen (secondary N) is 1. The highest BCUT2D eigenvalue weighted by Gasteiger charge is 2.47. The minimum atomic E-state index is -1.65. The van der Waals surface area contributed by atoms with Crippen molar-refractivity contribution in [2.24, 2.45) is 0 Å². The number of carbonyl (C=O) groups is 2. The van der Waals surface area contributed by atoms with Gasteiger partial charge in [-0.05, 0) is 83.5 Å². The SMILES string of the molecule is CC\C=C/C=C/C=C/C=C\C=C\C=C\CCCCCC(=O)OC1C(OCC(NC(=O)C(O)CC/C=C\C/C=C\C/C=C\C/C=C\C/C=C\CC)C(O)/C=C/CCCCCCCCCCC)OC(CO)C(O)C1O. The molecule has 0 aromatic heterocycles. The van der Waals surface area contributed by atoms with Crippen LogP contribution in [0, 0.1) is 0 Å². The molecule has 1 fully saturated rings. The molecule has 0 bridgehead atoms. The minimum Gasteiger partial charge on any atom is -0.454 e. The van der Waals surface area contributed by atoms with E-state index in [0.29, 0.717) is 12.8 Å². The molecule has 0 spiro atoms. The Morgan fingerprint density at radius 1 is 0.562 bits per heavy atom. The molecule has 6 N–H and O–H groups in total. The summed E-state index contributed by atoms with van der Waals surface area (Å²) in [6.45, 7) is 5.41. The molecule has 11 nitrogen and oxygen atoms in total. The van der Waals surface area contributed by atoms with E-state index in [0.717, 1.165) is 83.5 Å². The van der Waals surface area contributed by atoms with Crippen molar-refractivity contribution in [2.75, 3.05) is 13.2 Å². The maximum atomic E-state index is 13.3. The van der Waals surface area contributed by atoms with Crippen molar-refractivity contribution in [1.29, 1.82) is 0 Å². The largest absolute Gasteiger partial charge is 0.454 e. The molecule has 1 heterocycles. The highest BCUT2D eigenvalue weighted by Crippen LogP contribution is 2.26. The third-order valence-corrected chi connectivity index (χ3v) is 11.9. The second kappa shape index (κ2) is 48.5. The summed E-state index contributed by atoms with van der Waals surface area (Å²) in [6.07, 6.45) is 59.0. The molecule has 73 heavy (non-hydrogen) atoms. The predicted molar refractivity (Wildman–Crippen MR) is 300 cm³/mol. The molecule has 1 aliphatic heterocycles.